The van der Waals surface area contributed by atoms with Crippen molar-refractivity contribution in [1.29, 1.82) is 0 Å². The highest BCUT2D eigenvalue weighted by molar-refractivity contribution is 7.47. The third-order valence-corrected chi connectivity index (χ3v) is 7.65. The van der Waals surface area contributed by atoms with Crippen LogP contribution in [0.25, 0.3) is 22.2 Å². The topological polar surface area (TPSA) is 98.5 Å². The molecule has 2 aliphatic rings. The summed E-state index contributed by atoms with van der Waals surface area (Å²) in [7, 11) is -1.04. The van der Waals surface area contributed by atoms with E-state index in [0.717, 1.165) is 28.2 Å². The van der Waals surface area contributed by atoms with Crippen molar-refractivity contribution in [2.45, 2.75) is 39.5 Å². The molecule has 1 aliphatic heterocycles. The minimum atomic E-state index is -1.04. The van der Waals surface area contributed by atoms with E-state index in [9.17, 15) is 0 Å². The van der Waals surface area contributed by atoms with Gasteiger partial charge in [-0.25, -0.2) is 9.97 Å². The van der Waals surface area contributed by atoms with Crippen LogP contribution in [0, 0.1) is 5.92 Å². The average molecular weight is 486 g/mol. The van der Waals surface area contributed by atoms with Crippen molar-refractivity contribution in [3.8, 4) is 16.9 Å². The van der Waals surface area contributed by atoms with Gasteiger partial charge in [-0.3, -0.25) is 0 Å². The summed E-state index contributed by atoms with van der Waals surface area (Å²) in [5.74, 6) is 2.28. The number of nitrogens with zero attached hydrogens (tertiary/aromatic N) is 3. The molecular formula is C25H36N5O3P. The van der Waals surface area contributed by atoms with E-state index < -0.39 is 8.38 Å². The summed E-state index contributed by atoms with van der Waals surface area (Å²) < 4.78 is 17.0. The van der Waals surface area contributed by atoms with Crippen molar-refractivity contribution < 1.29 is 13.8 Å². The predicted octanol–water partition coefficient (Wildman–Crippen LogP) is 5.42. The number of hydrogen-bond donors (Lipinski definition) is 2. The molecule has 8 nitrogen and oxygen atoms in total. The van der Waals surface area contributed by atoms with Crippen molar-refractivity contribution in [3.63, 3.8) is 0 Å². The average Bonchev–Trinajstić information content (AvgIpc) is 3.22. The molecule has 1 aromatic carbocycles. The Morgan fingerprint density at radius 1 is 1.12 bits per heavy atom. The first kappa shape index (κ1) is 24.9. The number of nitrogens with one attached hydrogen (secondary N) is 1. The van der Waals surface area contributed by atoms with Gasteiger partial charge in [0.1, 0.15) is 23.5 Å². The van der Waals surface area contributed by atoms with Gasteiger partial charge in [0.25, 0.3) is 0 Å². The molecule has 1 aliphatic carbocycles. The van der Waals surface area contributed by atoms with Crippen molar-refractivity contribution in [3.05, 3.63) is 36.8 Å². The molecule has 184 valence electrons. The molecule has 34 heavy (non-hydrogen) atoms. The summed E-state index contributed by atoms with van der Waals surface area (Å²) >= 11 is 0. The lowest BCUT2D eigenvalue weighted by Gasteiger charge is -2.37. The molecule has 0 unspecified atom stereocenters. The molecule has 0 atom stereocenters. The van der Waals surface area contributed by atoms with Crippen LogP contribution in [-0.4, -0.2) is 59.0 Å². The third-order valence-electron chi connectivity index (χ3n) is 6.22. The highest BCUT2D eigenvalue weighted by atomic mass is 31.2. The van der Waals surface area contributed by atoms with Crippen LogP contribution in [-0.2, 0) is 9.05 Å². The number of nitrogens with two attached hydrogens (primary N) is 1. The summed E-state index contributed by atoms with van der Waals surface area (Å²) in [6, 6.07) is 7.80. The highest BCUT2D eigenvalue weighted by Gasteiger charge is 2.23. The standard InChI is InChI=1S/C17H21N4O3P.C8H15N/c1-3-23-25(24-4-2)11-22-13-7-5-6-12(8-13)14-9-19-17-15(14)16(18)20-10-21-17;1-3-8(4-1)7-9-5-2-6-9/h5-10H,3-4,11H2,1-2H3,(H3,18,19,20,21);8H,1-7H2. The Bertz CT molecular complexity index is 1020. The molecule has 1 saturated carbocycles. The third kappa shape index (κ3) is 6.45. The molecule has 3 N–H and O–H groups in total. The first-order chi connectivity index (χ1) is 16.7. The number of nitrogen functional groups attached to an aromatic ring is 1. The molecule has 2 fully saturated rings. The van der Waals surface area contributed by atoms with E-state index in [-0.39, 0.29) is 0 Å². The fourth-order valence-electron chi connectivity index (χ4n) is 4.10. The van der Waals surface area contributed by atoms with E-state index in [2.05, 4.69) is 19.9 Å². The molecule has 5 rings (SSSR count). The second kappa shape index (κ2) is 12.5. The van der Waals surface area contributed by atoms with Gasteiger partial charge in [-0.15, -0.1) is 0 Å². The summed E-state index contributed by atoms with van der Waals surface area (Å²) in [4.78, 5) is 14.0. The van der Waals surface area contributed by atoms with Crippen LogP contribution in [0.1, 0.15) is 39.5 Å². The number of aromatic amines is 1. The van der Waals surface area contributed by atoms with Crippen molar-refractivity contribution >= 4 is 25.2 Å². The molecule has 9 heteroatoms. The first-order valence-electron chi connectivity index (χ1n) is 12.2. The normalized spacial score (nSPS) is 16.1. The van der Waals surface area contributed by atoms with E-state index in [1.807, 2.05) is 44.3 Å². The fourth-order valence-corrected chi connectivity index (χ4v) is 5.15. The second-order valence-electron chi connectivity index (χ2n) is 8.61. The number of rotatable bonds is 10. The minimum absolute atomic E-state index is 0.388. The quantitative estimate of drug-likeness (QED) is 0.370. The largest absolute Gasteiger partial charge is 0.484 e. The van der Waals surface area contributed by atoms with Gasteiger partial charge in [-0.1, -0.05) is 18.6 Å². The molecule has 0 amide bonds. The lowest BCUT2D eigenvalue weighted by atomic mass is 9.84. The van der Waals surface area contributed by atoms with Gasteiger partial charge < -0.3 is 29.4 Å². The van der Waals surface area contributed by atoms with Gasteiger partial charge in [0.05, 0.1) is 18.6 Å². The SMILES string of the molecule is C1CC(CN2CCC2)C1.CCOP(COc1cccc(-c2c[nH]c3ncnc(N)c23)c1)OCC. The maximum absolute atomic E-state index is 6.01. The zero-order valence-corrected chi connectivity index (χ0v) is 21.1. The Balaban J connectivity index is 0.000000252. The Hall–Kier alpha value is -2.25. The first-order valence-corrected chi connectivity index (χ1v) is 13.6. The molecule has 3 aromatic rings. The van der Waals surface area contributed by atoms with Crippen LogP contribution in [0.15, 0.2) is 36.8 Å². The van der Waals surface area contributed by atoms with E-state index in [1.165, 1.54) is 51.6 Å². The molecular weight excluding hydrogens is 449 g/mol. The minimum Gasteiger partial charge on any atom is -0.484 e. The van der Waals surface area contributed by atoms with Gasteiger partial charge in [0, 0.05) is 18.3 Å². The summed E-state index contributed by atoms with van der Waals surface area (Å²) in [5, 5.41) is 0.811. The van der Waals surface area contributed by atoms with Crippen LogP contribution >= 0.6 is 8.38 Å². The van der Waals surface area contributed by atoms with Gasteiger partial charge in [-0.05, 0) is 69.8 Å². The highest BCUT2D eigenvalue weighted by Crippen LogP contribution is 2.39. The van der Waals surface area contributed by atoms with Crippen LogP contribution in [0.5, 0.6) is 5.75 Å². The second-order valence-corrected chi connectivity index (χ2v) is 10.0. The van der Waals surface area contributed by atoms with Crippen LogP contribution in [0.4, 0.5) is 5.82 Å². The number of anilines is 1. The monoisotopic (exact) mass is 485 g/mol. The van der Waals surface area contributed by atoms with Crippen molar-refractivity contribution in [2.75, 3.05) is 44.9 Å². The predicted molar refractivity (Wildman–Crippen MR) is 138 cm³/mol. The number of H-pyrrole nitrogens is 1. The summed E-state index contributed by atoms with van der Waals surface area (Å²) in [6.45, 7) is 9.28. The van der Waals surface area contributed by atoms with Crippen molar-refractivity contribution in [1.82, 2.24) is 19.9 Å². The Labute approximate surface area is 203 Å². The smallest absolute Gasteiger partial charge is 0.211 e. The molecule has 3 heterocycles. The Morgan fingerprint density at radius 3 is 2.56 bits per heavy atom. The molecule has 0 bridgehead atoms. The van der Waals surface area contributed by atoms with E-state index in [1.54, 1.807) is 0 Å². The van der Waals surface area contributed by atoms with Gasteiger partial charge in [0.15, 0.2) is 6.35 Å². The molecule has 2 aromatic heterocycles. The van der Waals surface area contributed by atoms with E-state index >= 15 is 0 Å². The van der Waals surface area contributed by atoms with E-state index in [4.69, 9.17) is 19.5 Å². The van der Waals surface area contributed by atoms with Crippen LogP contribution in [0.3, 0.4) is 0 Å². The summed E-state index contributed by atoms with van der Waals surface area (Å²) in [6.07, 6.45) is 9.68. The number of aromatic nitrogens is 3. The van der Waals surface area contributed by atoms with Gasteiger partial charge in [0.2, 0.25) is 8.38 Å². The van der Waals surface area contributed by atoms with Gasteiger partial charge in [-0.2, -0.15) is 0 Å². The number of ether oxygens (including phenoxy) is 1. The van der Waals surface area contributed by atoms with Crippen LogP contribution in [0.2, 0.25) is 0 Å². The maximum Gasteiger partial charge on any atom is 0.211 e. The van der Waals surface area contributed by atoms with Crippen molar-refractivity contribution in [2.24, 2.45) is 5.92 Å². The molecule has 0 radical (unpaired) electrons. The number of likely N-dealkylation sites (tertiary alicyclic amines) is 1. The fraction of sp³-hybridized carbons (Fsp3) is 0.520. The lowest BCUT2D eigenvalue weighted by molar-refractivity contribution is 0.121. The number of fused-ring (bicyclic) bond motifs is 1. The van der Waals surface area contributed by atoms with Gasteiger partial charge >= 0.3 is 0 Å². The maximum atomic E-state index is 6.01. The Morgan fingerprint density at radius 2 is 1.91 bits per heavy atom. The lowest BCUT2D eigenvalue weighted by Crippen LogP contribution is -2.41. The summed E-state index contributed by atoms with van der Waals surface area (Å²) in [5.41, 5.74) is 8.64. The number of benzene rings is 1. The molecule has 0 spiro atoms. The zero-order chi connectivity index (χ0) is 23.8. The molecule has 1 saturated heterocycles. The van der Waals surface area contributed by atoms with E-state index in [0.29, 0.717) is 31.0 Å². The Kier molecular flexibility index (Phi) is 9.11. The zero-order valence-electron chi connectivity index (χ0n) is 20.2. The van der Waals surface area contributed by atoms with Crippen LogP contribution < -0.4 is 10.5 Å². The number of hydrogen-bond acceptors (Lipinski definition) is 7.